The molecule has 0 unspecified atom stereocenters. The number of ether oxygens (including phenoxy) is 2. The molecule has 9 nitrogen and oxygen atoms in total. The minimum absolute atomic E-state index is 0.196. The minimum atomic E-state index is -0.980. The lowest BCUT2D eigenvalue weighted by atomic mass is 10.0. The molecule has 0 aliphatic carbocycles. The largest absolute Gasteiger partial charge is 0.486 e. The van der Waals surface area contributed by atoms with Crippen LogP contribution >= 0.6 is 0 Å². The van der Waals surface area contributed by atoms with Crippen molar-refractivity contribution in [2.75, 3.05) is 44.3 Å². The van der Waals surface area contributed by atoms with E-state index >= 15 is 4.39 Å². The molecule has 1 fully saturated rings. The van der Waals surface area contributed by atoms with Crippen LogP contribution in [0.15, 0.2) is 79.0 Å². The van der Waals surface area contributed by atoms with E-state index in [-0.39, 0.29) is 22.7 Å². The molecule has 5 aromatic rings. The lowest BCUT2D eigenvalue weighted by molar-refractivity contribution is 0.0698. The fourth-order valence-electron chi connectivity index (χ4n) is 5.84. The molecular formula is C34H29FN4O5. The lowest BCUT2D eigenvalue weighted by Gasteiger charge is -2.36. The zero-order valence-electron chi connectivity index (χ0n) is 24.0. The first-order valence-electron chi connectivity index (χ1n) is 14.4. The Morgan fingerprint density at radius 1 is 0.864 bits per heavy atom. The summed E-state index contributed by atoms with van der Waals surface area (Å²) in [5.74, 6) is -0.178. The Labute approximate surface area is 252 Å². The molecule has 1 aromatic heterocycles. The number of aromatic nitrogens is 2. The molecule has 222 valence electrons. The number of hydrogen-bond donors (Lipinski definition) is 1. The normalized spacial score (nSPS) is 14.6. The highest BCUT2D eigenvalue weighted by Crippen LogP contribution is 2.35. The van der Waals surface area contributed by atoms with Crippen molar-refractivity contribution in [2.45, 2.75) is 6.92 Å². The van der Waals surface area contributed by atoms with Gasteiger partial charge in [-0.25, -0.2) is 14.2 Å². The van der Waals surface area contributed by atoms with Crippen LogP contribution in [0.1, 0.15) is 26.4 Å². The quantitative estimate of drug-likeness (QED) is 0.285. The predicted molar refractivity (Wildman–Crippen MR) is 164 cm³/mol. The maximum atomic E-state index is 15.2. The summed E-state index contributed by atoms with van der Waals surface area (Å²) in [6.45, 7) is 4.57. The van der Waals surface area contributed by atoms with E-state index in [2.05, 4.69) is 9.88 Å². The van der Waals surface area contributed by atoms with Gasteiger partial charge in [0.2, 0.25) is 0 Å². The SMILES string of the molecule is Cc1ccc(-c2nc(C(=O)N3CCN(c4cc(C(=O)O)c5ccccc5c4)CC3)cn2-c2ccc3c(c2)OCCO3)c(F)c1. The highest BCUT2D eigenvalue weighted by Gasteiger charge is 2.27. The van der Waals surface area contributed by atoms with Crippen LogP contribution in [0, 0.1) is 12.7 Å². The van der Waals surface area contributed by atoms with Crippen LogP contribution in [0.4, 0.5) is 10.1 Å². The monoisotopic (exact) mass is 592 g/mol. The standard InChI is InChI=1S/C34H29FN4O5/c1-21-6-8-26(28(35)16-21)32-36-29(20-39(32)23-7-9-30-31(19-23)44-15-14-43-30)33(40)38-12-10-37(11-13-38)24-17-22-4-2-3-5-25(22)27(18-24)34(41)42/h2-9,16-20H,10-15H2,1H3,(H,41,42). The van der Waals surface area contributed by atoms with Crippen molar-refractivity contribution >= 4 is 28.3 Å². The van der Waals surface area contributed by atoms with Gasteiger partial charge >= 0.3 is 5.97 Å². The van der Waals surface area contributed by atoms with Crippen molar-refractivity contribution in [3.63, 3.8) is 0 Å². The molecule has 1 amide bonds. The topological polar surface area (TPSA) is 97.1 Å². The molecule has 1 N–H and O–H groups in total. The summed E-state index contributed by atoms with van der Waals surface area (Å²) in [5, 5.41) is 11.3. The number of halogens is 1. The zero-order valence-corrected chi connectivity index (χ0v) is 24.0. The third-order valence-electron chi connectivity index (χ3n) is 8.10. The van der Waals surface area contributed by atoms with Crippen LogP contribution < -0.4 is 14.4 Å². The first-order valence-corrected chi connectivity index (χ1v) is 14.4. The summed E-state index contributed by atoms with van der Waals surface area (Å²) in [5.41, 5.74) is 2.96. The molecule has 7 rings (SSSR count). The number of benzene rings is 4. The van der Waals surface area contributed by atoms with E-state index in [4.69, 9.17) is 9.47 Å². The molecule has 0 saturated carbocycles. The fourth-order valence-corrected chi connectivity index (χ4v) is 5.84. The first kappa shape index (κ1) is 27.5. The number of imidazole rings is 1. The molecule has 0 radical (unpaired) electrons. The Morgan fingerprint density at radius 3 is 2.41 bits per heavy atom. The number of carboxylic acids is 1. The number of aryl methyl sites for hydroxylation is 1. The first-order chi connectivity index (χ1) is 21.4. The van der Waals surface area contributed by atoms with E-state index in [1.54, 1.807) is 46.0 Å². The molecule has 1 saturated heterocycles. The number of aromatic carboxylic acids is 1. The van der Waals surface area contributed by atoms with Gasteiger partial charge in [0.05, 0.1) is 16.8 Å². The second-order valence-corrected chi connectivity index (χ2v) is 10.9. The molecule has 0 bridgehead atoms. The Bertz CT molecular complexity index is 1930. The molecule has 0 atom stereocenters. The van der Waals surface area contributed by atoms with Crippen molar-refractivity contribution in [3.8, 4) is 28.6 Å². The van der Waals surface area contributed by atoms with Gasteiger partial charge in [0.1, 0.15) is 30.5 Å². The van der Waals surface area contributed by atoms with Gasteiger partial charge < -0.3 is 24.4 Å². The summed E-state index contributed by atoms with van der Waals surface area (Å²) in [6, 6.07) is 21.4. The third kappa shape index (κ3) is 4.98. The maximum Gasteiger partial charge on any atom is 0.336 e. The Balaban J connectivity index is 1.17. The molecule has 3 heterocycles. The highest BCUT2D eigenvalue weighted by molar-refractivity contribution is 6.05. The number of fused-ring (bicyclic) bond motifs is 2. The predicted octanol–water partition coefficient (Wildman–Crippen LogP) is 5.57. The van der Waals surface area contributed by atoms with Gasteiger partial charge in [0.25, 0.3) is 5.91 Å². The fraction of sp³-hybridized carbons (Fsp3) is 0.206. The van der Waals surface area contributed by atoms with Crippen molar-refractivity contribution < 1.29 is 28.6 Å². The van der Waals surface area contributed by atoms with Crippen LogP contribution in [-0.4, -0.2) is 70.8 Å². The molecule has 44 heavy (non-hydrogen) atoms. The molecule has 4 aromatic carbocycles. The molecule has 2 aliphatic rings. The number of anilines is 1. The average Bonchev–Trinajstić information content (AvgIpc) is 3.49. The summed E-state index contributed by atoms with van der Waals surface area (Å²) >= 11 is 0. The van der Waals surface area contributed by atoms with Gasteiger partial charge in [-0.05, 0) is 59.7 Å². The van der Waals surface area contributed by atoms with Crippen LogP contribution in [-0.2, 0) is 0 Å². The Hall–Kier alpha value is -5.38. The number of amides is 1. The van der Waals surface area contributed by atoms with Crippen molar-refractivity contribution in [1.29, 1.82) is 0 Å². The summed E-state index contributed by atoms with van der Waals surface area (Å²) < 4.78 is 28.3. The number of piperazine rings is 1. The lowest BCUT2D eigenvalue weighted by Crippen LogP contribution is -2.49. The number of hydrogen-bond acceptors (Lipinski definition) is 6. The Kier molecular flexibility index (Phi) is 6.88. The van der Waals surface area contributed by atoms with Gasteiger partial charge in [-0.1, -0.05) is 30.3 Å². The second kappa shape index (κ2) is 11.0. The Morgan fingerprint density at radius 2 is 1.64 bits per heavy atom. The molecule has 10 heteroatoms. The molecule has 0 spiro atoms. The van der Waals surface area contributed by atoms with Crippen molar-refractivity contribution in [3.05, 3.63) is 102 Å². The van der Waals surface area contributed by atoms with Crippen molar-refractivity contribution in [1.82, 2.24) is 14.5 Å². The molecule has 2 aliphatic heterocycles. The van der Waals surface area contributed by atoms with E-state index in [0.29, 0.717) is 67.8 Å². The average molecular weight is 593 g/mol. The smallest absolute Gasteiger partial charge is 0.336 e. The van der Waals surface area contributed by atoms with Gasteiger partial charge in [-0.15, -0.1) is 0 Å². The number of rotatable bonds is 5. The second-order valence-electron chi connectivity index (χ2n) is 10.9. The number of carboxylic acid groups (broad SMARTS) is 1. The number of nitrogens with zero attached hydrogens (tertiary/aromatic N) is 4. The summed E-state index contributed by atoms with van der Waals surface area (Å²) in [7, 11) is 0. The van der Waals surface area contributed by atoms with E-state index in [1.807, 2.05) is 43.3 Å². The third-order valence-corrected chi connectivity index (χ3v) is 8.10. The van der Waals surface area contributed by atoms with Gasteiger partial charge in [0.15, 0.2) is 11.5 Å². The minimum Gasteiger partial charge on any atom is -0.486 e. The van der Waals surface area contributed by atoms with Crippen LogP contribution in [0.3, 0.4) is 0 Å². The highest BCUT2D eigenvalue weighted by atomic mass is 19.1. The maximum absolute atomic E-state index is 15.2. The van der Waals surface area contributed by atoms with E-state index in [1.165, 1.54) is 6.07 Å². The van der Waals surface area contributed by atoms with Crippen LogP contribution in [0.2, 0.25) is 0 Å². The number of carbonyl (C=O) groups is 2. The van der Waals surface area contributed by atoms with Gasteiger partial charge in [-0.2, -0.15) is 0 Å². The van der Waals surface area contributed by atoms with Crippen LogP contribution in [0.25, 0.3) is 27.8 Å². The van der Waals surface area contributed by atoms with E-state index in [0.717, 1.165) is 16.6 Å². The zero-order chi connectivity index (χ0) is 30.4. The number of carbonyl (C=O) groups excluding carboxylic acids is 1. The van der Waals surface area contributed by atoms with Gasteiger partial charge in [-0.3, -0.25) is 9.36 Å². The summed E-state index contributed by atoms with van der Waals surface area (Å²) in [4.78, 5) is 34.2. The van der Waals surface area contributed by atoms with E-state index < -0.39 is 11.8 Å². The van der Waals surface area contributed by atoms with Crippen LogP contribution in [0.5, 0.6) is 11.5 Å². The van der Waals surface area contributed by atoms with Crippen molar-refractivity contribution in [2.24, 2.45) is 0 Å². The van der Waals surface area contributed by atoms with Gasteiger partial charge in [0, 0.05) is 44.1 Å². The molecular weight excluding hydrogens is 563 g/mol. The van der Waals surface area contributed by atoms with E-state index in [9.17, 15) is 14.7 Å². The summed E-state index contributed by atoms with van der Waals surface area (Å²) in [6.07, 6.45) is 1.64.